The van der Waals surface area contributed by atoms with Crippen LogP contribution >= 0.6 is 15.6 Å². The summed E-state index contributed by atoms with van der Waals surface area (Å²) in [6.45, 7) is 9.39. The van der Waals surface area contributed by atoms with Crippen molar-refractivity contribution in [1.29, 1.82) is 0 Å². The van der Waals surface area contributed by atoms with Crippen LogP contribution in [0.3, 0.4) is 0 Å². The second-order valence-corrected chi connectivity index (χ2v) is 30.5. The maximum atomic E-state index is 13.1. The maximum Gasteiger partial charge on any atom is 0.472 e. The average Bonchev–Trinajstić information content (AvgIpc) is 3.02. The molecule has 0 heterocycles. The number of unbranched alkanes of at least 4 members (excludes halogenated alkanes) is 43. The molecule has 0 spiro atoms. The van der Waals surface area contributed by atoms with Gasteiger partial charge >= 0.3 is 39.5 Å². The average molecular weight is 1370 g/mol. The highest BCUT2D eigenvalue weighted by Crippen LogP contribution is 2.45. The van der Waals surface area contributed by atoms with E-state index >= 15 is 0 Å². The van der Waals surface area contributed by atoms with E-state index in [0.717, 1.165) is 96.3 Å². The van der Waals surface area contributed by atoms with Crippen LogP contribution < -0.4 is 0 Å². The molecule has 19 heteroatoms. The van der Waals surface area contributed by atoms with E-state index in [1.807, 2.05) is 0 Å². The van der Waals surface area contributed by atoms with Crippen LogP contribution in [-0.2, 0) is 65.4 Å². The Morgan fingerprint density at radius 1 is 0.290 bits per heavy atom. The molecular formula is C74H144O17P2. The number of carbonyl (C=O) groups excluding carboxylic acids is 4. The third-order valence-corrected chi connectivity index (χ3v) is 19.1. The first-order chi connectivity index (χ1) is 44.9. The van der Waals surface area contributed by atoms with Gasteiger partial charge in [0.2, 0.25) is 0 Å². The van der Waals surface area contributed by atoms with Gasteiger partial charge in [-0.2, -0.15) is 0 Å². The molecule has 0 aromatic heterocycles. The number of phosphoric acid groups is 2. The summed E-state index contributed by atoms with van der Waals surface area (Å²) in [5, 5.41) is 10.6. The molecule has 0 aromatic rings. The van der Waals surface area contributed by atoms with Crippen molar-refractivity contribution in [3.8, 4) is 0 Å². The van der Waals surface area contributed by atoms with E-state index < -0.39 is 97.5 Å². The summed E-state index contributed by atoms with van der Waals surface area (Å²) in [7, 11) is -9.90. The van der Waals surface area contributed by atoms with E-state index in [9.17, 15) is 43.2 Å². The molecule has 5 atom stereocenters. The molecule has 0 aliphatic rings. The summed E-state index contributed by atoms with van der Waals surface area (Å²) >= 11 is 0. The molecule has 0 amide bonds. The largest absolute Gasteiger partial charge is 0.472 e. The Labute approximate surface area is 568 Å². The predicted octanol–water partition coefficient (Wildman–Crippen LogP) is 21.6. The van der Waals surface area contributed by atoms with Gasteiger partial charge in [-0.1, -0.05) is 330 Å². The molecule has 0 rings (SSSR count). The Kier molecular flexibility index (Phi) is 64.6. The number of phosphoric ester groups is 2. The van der Waals surface area contributed by atoms with Crippen molar-refractivity contribution in [2.24, 2.45) is 11.8 Å². The lowest BCUT2D eigenvalue weighted by Crippen LogP contribution is -2.30. The predicted molar refractivity (Wildman–Crippen MR) is 377 cm³/mol. The van der Waals surface area contributed by atoms with Gasteiger partial charge in [0.05, 0.1) is 26.4 Å². The van der Waals surface area contributed by atoms with Gasteiger partial charge < -0.3 is 33.8 Å². The summed E-state index contributed by atoms with van der Waals surface area (Å²) in [5.41, 5.74) is 0. The maximum absolute atomic E-state index is 13.1. The Morgan fingerprint density at radius 3 is 0.731 bits per heavy atom. The van der Waals surface area contributed by atoms with Gasteiger partial charge in [-0.05, 0) is 37.5 Å². The standard InChI is InChI=1S/C74H144O17P2/c1-7-9-11-13-15-17-19-21-22-23-24-25-26-27-28-29-31-33-35-37-46-52-58-73(78)90-69(62-84-71(76)56-50-44-36-34-32-30-20-18-16-14-12-10-8-2)64-88-92(80,81)86-60-68(75)61-87-93(82,83)89-65-70(91-74(79)59-53-47-41-39-43-49-55-67(5)6)63-85-72(77)57-51-45-40-38-42-48-54-66(3)4/h66-70,75H,7-65H2,1-6H3,(H,80,81)(H,82,83)/t68-,69-,70-/m1/s1. The van der Waals surface area contributed by atoms with Gasteiger partial charge in [0.25, 0.3) is 0 Å². The van der Waals surface area contributed by atoms with Crippen molar-refractivity contribution in [2.75, 3.05) is 39.6 Å². The number of carbonyl (C=O) groups is 4. The lowest BCUT2D eigenvalue weighted by atomic mass is 10.0. The first-order valence-corrected chi connectivity index (χ1v) is 41.5. The molecule has 0 saturated heterocycles. The number of aliphatic hydroxyl groups excluding tert-OH is 1. The van der Waals surface area contributed by atoms with Gasteiger partial charge in [0, 0.05) is 25.7 Å². The van der Waals surface area contributed by atoms with E-state index in [0.29, 0.717) is 37.5 Å². The zero-order valence-corrected chi connectivity index (χ0v) is 62.3. The zero-order valence-electron chi connectivity index (χ0n) is 60.6. The van der Waals surface area contributed by atoms with E-state index in [1.54, 1.807) is 0 Å². The number of hydrogen-bond donors (Lipinski definition) is 3. The molecule has 93 heavy (non-hydrogen) atoms. The Balaban J connectivity index is 5.14. The summed E-state index contributed by atoms with van der Waals surface area (Å²) in [4.78, 5) is 72.5. The fourth-order valence-corrected chi connectivity index (χ4v) is 12.9. The van der Waals surface area contributed by atoms with Gasteiger partial charge in [0.1, 0.15) is 19.3 Å². The Morgan fingerprint density at radius 2 is 0.495 bits per heavy atom. The van der Waals surface area contributed by atoms with Crippen LogP contribution in [0.5, 0.6) is 0 Å². The lowest BCUT2D eigenvalue weighted by molar-refractivity contribution is -0.161. The minimum atomic E-state index is -4.95. The van der Waals surface area contributed by atoms with Crippen LogP contribution in [0.4, 0.5) is 0 Å². The van der Waals surface area contributed by atoms with Gasteiger partial charge in [0.15, 0.2) is 12.2 Å². The number of hydrogen-bond acceptors (Lipinski definition) is 15. The van der Waals surface area contributed by atoms with Crippen LogP contribution in [0.25, 0.3) is 0 Å². The van der Waals surface area contributed by atoms with Gasteiger partial charge in [-0.15, -0.1) is 0 Å². The quantitative estimate of drug-likeness (QED) is 0.0222. The smallest absolute Gasteiger partial charge is 0.462 e. The molecule has 0 saturated carbocycles. The zero-order chi connectivity index (χ0) is 68.6. The summed E-state index contributed by atoms with van der Waals surface area (Å²) in [5.74, 6) is -0.778. The molecule has 0 aromatic carbocycles. The fraction of sp³-hybridized carbons (Fsp3) is 0.946. The third-order valence-electron chi connectivity index (χ3n) is 17.2. The third kappa shape index (κ3) is 68.4. The van der Waals surface area contributed by atoms with Crippen LogP contribution in [-0.4, -0.2) is 96.7 Å². The fourth-order valence-electron chi connectivity index (χ4n) is 11.3. The van der Waals surface area contributed by atoms with Crippen LogP contribution in [0.2, 0.25) is 0 Å². The Hall–Kier alpha value is -1.94. The summed E-state index contributed by atoms with van der Waals surface area (Å²) in [6, 6.07) is 0. The van der Waals surface area contributed by atoms with E-state index in [2.05, 4.69) is 41.5 Å². The van der Waals surface area contributed by atoms with Gasteiger partial charge in [-0.25, -0.2) is 9.13 Å². The molecule has 3 N–H and O–H groups in total. The van der Waals surface area contributed by atoms with Crippen molar-refractivity contribution >= 4 is 39.5 Å². The van der Waals surface area contributed by atoms with Crippen molar-refractivity contribution in [3.63, 3.8) is 0 Å². The SMILES string of the molecule is CCCCCCCCCCCCCCCCCCCCCCCCC(=O)O[C@H](COC(=O)CCCCCCCCCCCCCCC)COP(=O)(O)OC[C@@H](O)COP(=O)(O)OC[C@@H](COC(=O)CCCCCCCCC(C)C)OC(=O)CCCCCCCCC(C)C. The monoisotopic (exact) mass is 1370 g/mol. The summed E-state index contributed by atoms with van der Waals surface area (Å²) < 4.78 is 68.3. The molecule has 0 aliphatic heterocycles. The molecule has 0 aliphatic carbocycles. The number of esters is 4. The first kappa shape index (κ1) is 91.1. The van der Waals surface area contributed by atoms with Crippen molar-refractivity contribution in [1.82, 2.24) is 0 Å². The lowest BCUT2D eigenvalue weighted by Gasteiger charge is -2.21. The first-order valence-electron chi connectivity index (χ1n) is 38.5. The highest BCUT2D eigenvalue weighted by Gasteiger charge is 2.30. The molecule has 0 fully saturated rings. The highest BCUT2D eigenvalue weighted by atomic mass is 31.2. The highest BCUT2D eigenvalue weighted by molar-refractivity contribution is 7.47. The van der Waals surface area contributed by atoms with E-state index in [4.69, 9.17) is 37.0 Å². The molecule has 0 radical (unpaired) electrons. The normalized spacial score (nSPS) is 14.1. The minimum Gasteiger partial charge on any atom is -0.462 e. The number of ether oxygens (including phenoxy) is 4. The van der Waals surface area contributed by atoms with Gasteiger partial charge in [-0.3, -0.25) is 37.3 Å². The molecule has 17 nitrogen and oxygen atoms in total. The minimum absolute atomic E-state index is 0.101. The topological polar surface area (TPSA) is 237 Å². The summed E-state index contributed by atoms with van der Waals surface area (Å²) in [6.07, 6.45) is 53.3. The van der Waals surface area contributed by atoms with Crippen LogP contribution in [0.15, 0.2) is 0 Å². The molecule has 0 bridgehead atoms. The molecular weight excluding hydrogens is 1220 g/mol. The number of rotatable bonds is 73. The van der Waals surface area contributed by atoms with E-state index in [1.165, 1.54) is 193 Å². The molecule has 2 unspecified atom stereocenters. The van der Waals surface area contributed by atoms with Crippen molar-refractivity contribution < 1.29 is 80.2 Å². The van der Waals surface area contributed by atoms with Crippen molar-refractivity contribution in [2.45, 2.75) is 400 Å². The van der Waals surface area contributed by atoms with Crippen molar-refractivity contribution in [3.05, 3.63) is 0 Å². The second-order valence-electron chi connectivity index (χ2n) is 27.6. The second kappa shape index (κ2) is 66.0. The van der Waals surface area contributed by atoms with E-state index in [-0.39, 0.29) is 25.7 Å². The number of aliphatic hydroxyl groups is 1. The molecule has 552 valence electrons. The van der Waals surface area contributed by atoms with Crippen LogP contribution in [0.1, 0.15) is 382 Å². The van der Waals surface area contributed by atoms with Crippen LogP contribution in [0, 0.1) is 11.8 Å². The Bertz CT molecular complexity index is 1800.